The number of carbonyl (C=O) groups is 1. The summed E-state index contributed by atoms with van der Waals surface area (Å²) in [6.07, 6.45) is 4.24. The van der Waals surface area contributed by atoms with Crippen molar-refractivity contribution in [3.8, 4) is 0 Å². The first kappa shape index (κ1) is 10.4. The van der Waals surface area contributed by atoms with Gasteiger partial charge >= 0.3 is 0 Å². The van der Waals surface area contributed by atoms with Crippen LogP contribution in [0, 0.1) is 10.1 Å². The van der Waals surface area contributed by atoms with Gasteiger partial charge in [0, 0.05) is 12.1 Å². The van der Waals surface area contributed by atoms with Gasteiger partial charge in [-0.05, 0) is 17.7 Å². The fourth-order valence-electron chi connectivity index (χ4n) is 1.44. The number of nitro groups is 1. The summed E-state index contributed by atoms with van der Waals surface area (Å²) in [6, 6.07) is 6.37. The van der Waals surface area contributed by atoms with Crippen LogP contribution in [0.1, 0.15) is 12.0 Å². The second kappa shape index (κ2) is 4.14. The summed E-state index contributed by atoms with van der Waals surface area (Å²) in [5.74, 6) is 0.0540. The maximum absolute atomic E-state index is 10.6. The van der Waals surface area contributed by atoms with Gasteiger partial charge in [0.05, 0.1) is 17.4 Å². The molecule has 0 saturated carbocycles. The Balaban J connectivity index is 1.99. The zero-order valence-corrected chi connectivity index (χ0v) is 8.42. The van der Waals surface area contributed by atoms with Gasteiger partial charge < -0.3 is 5.32 Å². The summed E-state index contributed by atoms with van der Waals surface area (Å²) in [7, 11) is 0. The van der Waals surface area contributed by atoms with Crippen LogP contribution in [0.3, 0.4) is 0 Å². The van der Waals surface area contributed by atoms with E-state index in [1.54, 1.807) is 12.1 Å². The van der Waals surface area contributed by atoms with E-state index in [1.807, 2.05) is 12.2 Å². The smallest absolute Gasteiger partial charge is 0.269 e. The summed E-state index contributed by atoms with van der Waals surface area (Å²) < 4.78 is 0. The predicted molar refractivity (Wildman–Crippen MR) is 58.7 cm³/mol. The molecule has 1 fully saturated rings. The monoisotopic (exact) mass is 218 g/mol. The molecular formula is C11H10N2O3. The Morgan fingerprint density at radius 1 is 1.38 bits per heavy atom. The Bertz CT molecular complexity index is 443. The van der Waals surface area contributed by atoms with Crippen molar-refractivity contribution in [3.05, 3.63) is 46.0 Å². The van der Waals surface area contributed by atoms with E-state index in [1.165, 1.54) is 12.1 Å². The molecule has 1 saturated heterocycles. The molecule has 0 radical (unpaired) electrons. The van der Waals surface area contributed by atoms with Crippen molar-refractivity contribution in [2.24, 2.45) is 0 Å². The fourth-order valence-corrected chi connectivity index (χ4v) is 1.44. The third kappa shape index (κ3) is 2.25. The molecule has 1 unspecified atom stereocenters. The van der Waals surface area contributed by atoms with E-state index in [0.717, 1.165) is 5.56 Å². The van der Waals surface area contributed by atoms with E-state index < -0.39 is 4.92 Å². The lowest BCUT2D eigenvalue weighted by atomic mass is 10.0. The summed E-state index contributed by atoms with van der Waals surface area (Å²) >= 11 is 0. The van der Waals surface area contributed by atoms with Gasteiger partial charge in [-0.15, -0.1) is 0 Å². The molecule has 1 amide bonds. The van der Waals surface area contributed by atoms with Crippen molar-refractivity contribution in [1.82, 2.24) is 5.32 Å². The van der Waals surface area contributed by atoms with Crippen LogP contribution in [0.15, 0.2) is 30.3 Å². The lowest BCUT2D eigenvalue weighted by Gasteiger charge is -2.23. The number of rotatable bonds is 3. The van der Waals surface area contributed by atoms with Gasteiger partial charge in [-0.2, -0.15) is 0 Å². The highest BCUT2D eigenvalue weighted by Crippen LogP contribution is 2.14. The SMILES string of the molecule is O=C1CC(C=Cc2ccc([N+](=O)[O-])cc2)N1. The van der Waals surface area contributed by atoms with Gasteiger partial charge in [0.25, 0.3) is 5.69 Å². The standard InChI is InChI=1S/C11H10N2O3/c14-11-7-9(12-11)4-1-8-2-5-10(6-3-8)13(15)16/h1-6,9H,7H2,(H,12,14). The quantitative estimate of drug-likeness (QED) is 0.474. The number of hydrogen-bond acceptors (Lipinski definition) is 3. The first-order chi connectivity index (χ1) is 7.65. The van der Waals surface area contributed by atoms with E-state index in [-0.39, 0.29) is 17.6 Å². The van der Waals surface area contributed by atoms with Crippen LogP contribution in [0.5, 0.6) is 0 Å². The molecule has 0 bridgehead atoms. The van der Waals surface area contributed by atoms with Gasteiger partial charge in [-0.1, -0.05) is 12.2 Å². The first-order valence-electron chi connectivity index (χ1n) is 4.87. The van der Waals surface area contributed by atoms with Gasteiger partial charge in [-0.3, -0.25) is 14.9 Å². The number of amides is 1. The molecule has 0 aromatic heterocycles. The number of nitro benzene ring substituents is 1. The Morgan fingerprint density at radius 2 is 2.00 bits per heavy atom. The van der Waals surface area contributed by atoms with Crippen LogP contribution in [0.4, 0.5) is 5.69 Å². The minimum absolute atomic E-state index is 0.0540. The first-order valence-corrected chi connectivity index (χ1v) is 4.87. The fraction of sp³-hybridized carbons (Fsp3) is 0.182. The molecule has 16 heavy (non-hydrogen) atoms. The second-order valence-corrected chi connectivity index (χ2v) is 3.59. The molecule has 2 rings (SSSR count). The van der Waals surface area contributed by atoms with Crippen LogP contribution in [0.2, 0.25) is 0 Å². The molecule has 1 heterocycles. The lowest BCUT2D eigenvalue weighted by Crippen LogP contribution is -2.46. The average molecular weight is 218 g/mol. The molecule has 1 N–H and O–H groups in total. The number of carbonyl (C=O) groups excluding carboxylic acids is 1. The van der Waals surface area contributed by atoms with Gasteiger partial charge in [0.2, 0.25) is 5.91 Å². The zero-order valence-electron chi connectivity index (χ0n) is 8.42. The Morgan fingerprint density at radius 3 is 2.50 bits per heavy atom. The highest BCUT2D eigenvalue weighted by Gasteiger charge is 2.21. The van der Waals surface area contributed by atoms with Crippen LogP contribution in [-0.2, 0) is 4.79 Å². The van der Waals surface area contributed by atoms with Crippen molar-refractivity contribution in [2.45, 2.75) is 12.5 Å². The minimum Gasteiger partial charge on any atom is -0.349 e. The molecule has 1 aromatic carbocycles. The van der Waals surface area contributed by atoms with Crippen LogP contribution >= 0.6 is 0 Å². The van der Waals surface area contributed by atoms with Crippen molar-refractivity contribution in [3.63, 3.8) is 0 Å². The summed E-state index contributed by atoms with van der Waals surface area (Å²) in [4.78, 5) is 20.6. The van der Waals surface area contributed by atoms with Crippen LogP contribution < -0.4 is 5.32 Å². The molecule has 0 spiro atoms. The molecular weight excluding hydrogens is 208 g/mol. The van der Waals surface area contributed by atoms with Crippen molar-refractivity contribution < 1.29 is 9.72 Å². The number of nitrogens with zero attached hydrogens (tertiary/aromatic N) is 1. The largest absolute Gasteiger partial charge is 0.349 e. The van der Waals surface area contributed by atoms with Crippen molar-refractivity contribution in [2.75, 3.05) is 0 Å². The number of hydrogen-bond donors (Lipinski definition) is 1. The number of β-lactam (4-membered cyclic amide) rings is 1. The summed E-state index contributed by atoms with van der Waals surface area (Å²) in [6.45, 7) is 0. The molecule has 5 nitrogen and oxygen atoms in total. The summed E-state index contributed by atoms with van der Waals surface area (Å²) in [5.41, 5.74) is 0.959. The van der Waals surface area contributed by atoms with Crippen LogP contribution in [-0.4, -0.2) is 16.9 Å². The molecule has 82 valence electrons. The zero-order chi connectivity index (χ0) is 11.5. The molecule has 1 aliphatic heterocycles. The van der Waals surface area contributed by atoms with E-state index in [2.05, 4.69) is 5.32 Å². The molecule has 0 aliphatic carbocycles. The Hall–Kier alpha value is -2.17. The number of benzene rings is 1. The van der Waals surface area contributed by atoms with E-state index in [0.29, 0.717) is 6.42 Å². The molecule has 1 aromatic rings. The number of non-ortho nitro benzene ring substituents is 1. The highest BCUT2D eigenvalue weighted by molar-refractivity contribution is 5.84. The predicted octanol–water partition coefficient (Wildman–Crippen LogP) is 1.50. The van der Waals surface area contributed by atoms with Crippen molar-refractivity contribution >= 4 is 17.7 Å². The van der Waals surface area contributed by atoms with Crippen molar-refractivity contribution in [1.29, 1.82) is 0 Å². The maximum atomic E-state index is 10.6. The normalized spacial score (nSPS) is 19.2. The van der Waals surface area contributed by atoms with Crippen LogP contribution in [0.25, 0.3) is 6.08 Å². The third-order valence-electron chi connectivity index (χ3n) is 2.38. The topological polar surface area (TPSA) is 72.2 Å². The Labute approximate surface area is 91.9 Å². The number of nitrogens with one attached hydrogen (secondary N) is 1. The molecule has 1 atom stereocenters. The highest BCUT2D eigenvalue weighted by atomic mass is 16.6. The second-order valence-electron chi connectivity index (χ2n) is 3.59. The van der Waals surface area contributed by atoms with E-state index >= 15 is 0 Å². The maximum Gasteiger partial charge on any atom is 0.269 e. The molecule has 5 heteroatoms. The lowest BCUT2D eigenvalue weighted by molar-refractivity contribution is -0.384. The van der Waals surface area contributed by atoms with Gasteiger partial charge in [0.1, 0.15) is 0 Å². The van der Waals surface area contributed by atoms with Gasteiger partial charge in [0.15, 0.2) is 0 Å². The Kier molecular flexibility index (Phi) is 2.68. The average Bonchev–Trinajstić information content (AvgIpc) is 2.23. The van der Waals surface area contributed by atoms with E-state index in [9.17, 15) is 14.9 Å². The molecule has 1 aliphatic rings. The van der Waals surface area contributed by atoms with E-state index in [4.69, 9.17) is 0 Å². The van der Waals surface area contributed by atoms with Gasteiger partial charge in [-0.25, -0.2) is 0 Å². The minimum atomic E-state index is -0.431. The third-order valence-corrected chi connectivity index (χ3v) is 2.38. The summed E-state index contributed by atoms with van der Waals surface area (Å²) in [5, 5.41) is 13.1.